The highest BCUT2D eigenvalue weighted by Crippen LogP contribution is 2.28. The van der Waals surface area contributed by atoms with Crippen LogP contribution in [0.3, 0.4) is 0 Å². The van der Waals surface area contributed by atoms with Crippen LogP contribution in [-0.2, 0) is 0 Å². The molecule has 0 unspecified atom stereocenters. The van der Waals surface area contributed by atoms with Gasteiger partial charge in [0.2, 0.25) is 5.89 Å². The van der Waals surface area contributed by atoms with Crippen molar-refractivity contribution in [2.24, 2.45) is 5.18 Å². The van der Waals surface area contributed by atoms with Crippen LogP contribution >= 0.6 is 0 Å². The average Bonchev–Trinajstić information content (AvgIpc) is 3.15. The number of hydrogen-bond donors (Lipinski definition) is 0. The van der Waals surface area contributed by atoms with Gasteiger partial charge < -0.3 is 4.42 Å². The summed E-state index contributed by atoms with van der Waals surface area (Å²) in [4.78, 5) is 14.9. The summed E-state index contributed by atoms with van der Waals surface area (Å²) in [5.41, 5.74) is 1.92. The van der Waals surface area contributed by atoms with Crippen LogP contribution in [0.5, 0.6) is 0 Å². The first-order chi connectivity index (χ1) is 13.1. The largest absolute Gasteiger partial charge is 0.435 e. The number of benzene rings is 1. The van der Waals surface area contributed by atoms with Crippen molar-refractivity contribution in [1.29, 1.82) is 5.26 Å². The predicted molar refractivity (Wildman–Crippen MR) is 116 cm³/mol. The minimum absolute atomic E-state index is 0.151. The molecule has 0 N–H and O–H groups in total. The van der Waals surface area contributed by atoms with Crippen molar-refractivity contribution >= 4 is 22.4 Å². The second-order valence-corrected chi connectivity index (χ2v) is 4.61. The quantitative estimate of drug-likeness (QED) is 0.408. The molecule has 0 bridgehead atoms. The lowest BCUT2D eigenvalue weighted by molar-refractivity contribution is 0.585. The lowest BCUT2D eigenvalue weighted by Crippen LogP contribution is -1.79. The van der Waals surface area contributed by atoms with Crippen molar-refractivity contribution < 1.29 is 4.42 Å². The van der Waals surface area contributed by atoms with Gasteiger partial charge in [-0.25, -0.2) is 4.98 Å². The van der Waals surface area contributed by atoms with Gasteiger partial charge in [0, 0.05) is 5.57 Å². The van der Waals surface area contributed by atoms with Crippen LogP contribution in [0.1, 0.15) is 66.3 Å². The first-order valence-electron chi connectivity index (χ1n) is 9.28. The minimum Gasteiger partial charge on any atom is -0.435 e. The van der Waals surface area contributed by atoms with Gasteiger partial charge in [-0.3, -0.25) is 0 Å². The number of nitriles is 1. The van der Waals surface area contributed by atoms with E-state index in [2.05, 4.69) is 30.6 Å². The smallest absolute Gasteiger partial charge is 0.227 e. The minimum atomic E-state index is 0.151. The molecule has 0 atom stereocenters. The van der Waals surface area contributed by atoms with Gasteiger partial charge in [0.25, 0.3) is 0 Å². The molecule has 1 aromatic carbocycles. The zero-order chi connectivity index (χ0) is 21.2. The molecule has 0 aliphatic heterocycles. The van der Waals surface area contributed by atoms with Crippen molar-refractivity contribution in [3.63, 3.8) is 0 Å². The normalized spacial score (nSPS) is 9.78. The third-order valence-corrected chi connectivity index (χ3v) is 2.67. The van der Waals surface area contributed by atoms with Gasteiger partial charge in [0.1, 0.15) is 17.3 Å². The van der Waals surface area contributed by atoms with E-state index in [0.29, 0.717) is 17.0 Å². The number of nitroso groups, excluding NO2 is 1. The number of hydrogen-bond acceptors (Lipinski definition) is 5. The third-order valence-electron chi connectivity index (χ3n) is 2.67. The highest BCUT2D eigenvalue weighted by Gasteiger charge is 2.13. The van der Waals surface area contributed by atoms with Crippen molar-refractivity contribution in [3.05, 3.63) is 59.4 Å². The number of oxazole rings is 1. The van der Waals surface area contributed by atoms with Gasteiger partial charge in [-0.2, -0.15) is 5.26 Å². The lowest BCUT2D eigenvalue weighted by atomic mass is 10.2. The summed E-state index contributed by atoms with van der Waals surface area (Å²) in [6, 6.07) is 4.83. The number of rotatable bonds is 4. The molecule has 5 nitrogen and oxygen atoms in total. The highest BCUT2D eigenvalue weighted by atomic mass is 16.3. The van der Waals surface area contributed by atoms with Gasteiger partial charge in [-0.15, -0.1) is 4.91 Å². The Morgan fingerprint density at radius 2 is 1.89 bits per heavy atom. The van der Waals surface area contributed by atoms with Crippen LogP contribution in [-0.4, -0.2) is 4.98 Å². The molecule has 2 aromatic rings. The van der Waals surface area contributed by atoms with Gasteiger partial charge in [0.05, 0.1) is 5.56 Å². The molecule has 1 heterocycles. The zero-order valence-electron chi connectivity index (χ0n) is 17.5. The molecular weight excluding hydrogens is 338 g/mol. The maximum absolute atomic E-state index is 10.6. The van der Waals surface area contributed by atoms with Crippen LogP contribution in [0.25, 0.3) is 16.7 Å². The topological polar surface area (TPSA) is 79.2 Å². The second kappa shape index (κ2) is 16.5. The molecule has 0 saturated heterocycles. The van der Waals surface area contributed by atoms with E-state index in [0.717, 1.165) is 5.57 Å². The number of nitrogens with zero attached hydrogens (tertiary/aromatic N) is 3. The van der Waals surface area contributed by atoms with E-state index in [4.69, 9.17) is 9.68 Å². The Bertz CT molecular complexity index is 794. The molecule has 0 amide bonds. The average molecular weight is 370 g/mol. The van der Waals surface area contributed by atoms with Gasteiger partial charge in [-0.1, -0.05) is 72.8 Å². The molecule has 0 aliphatic rings. The molecule has 0 radical (unpaired) electrons. The molecule has 146 valence electrons. The van der Waals surface area contributed by atoms with E-state index >= 15 is 0 Å². The summed E-state index contributed by atoms with van der Waals surface area (Å²) in [6.45, 7) is 17.7. The van der Waals surface area contributed by atoms with Crippen molar-refractivity contribution in [2.45, 2.75) is 54.9 Å². The first-order valence-corrected chi connectivity index (χ1v) is 9.28. The molecule has 0 fully saturated rings. The van der Waals surface area contributed by atoms with Crippen LogP contribution < -0.4 is 0 Å². The fourth-order valence-electron chi connectivity index (χ4n) is 1.74. The summed E-state index contributed by atoms with van der Waals surface area (Å²) in [7, 11) is 0. The van der Waals surface area contributed by atoms with E-state index in [9.17, 15) is 4.91 Å². The lowest BCUT2D eigenvalue weighted by Gasteiger charge is -1.93. The van der Waals surface area contributed by atoms with E-state index < -0.39 is 0 Å². The van der Waals surface area contributed by atoms with E-state index in [1.54, 1.807) is 18.2 Å². The molecule has 0 aliphatic carbocycles. The molecule has 0 spiro atoms. The summed E-state index contributed by atoms with van der Waals surface area (Å²) in [6.07, 6.45) is 8.27. The summed E-state index contributed by atoms with van der Waals surface area (Å²) in [5.74, 6) is 0.375. The van der Waals surface area contributed by atoms with E-state index in [-0.39, 0.29) is 11.3 Å². The van der Waals surface area contributed by atoms with Crippen LogP contribution in [0.15, 0.2) is 52.6 Å². The van der Waals surface area contributed by atoms with Gasteiger partial charge in [0.15, 0.2) is 5.58 Å². The fraction of sp³-hybridized carbons (Fsp3) is 0.364. The Kier molecular flexibility index (Phi) is 16.0. The number of fused-ring (bicyclic) bond motifs is 1. The fourth-order valence-corrected chi connectivity index (χ4v) is 1.74. The Morgan fingerprint density at radius 3 is 2.33 bits per heavy atom. The summed E-state index contributed by atoms with van der Waals surface area (Å²) in [5, 5.41) is 11.9. The molecule has 0 saturated carbocycles. The second-order valence-electron chi connectivity index (χ2n) is 4.61. The summed E-state index contributed by atoms with van der Waals surface area (Å²) < 4.78 is 5.61. The zero-order valence-corrected chi connectivity index (χ0v) is 17.5. The van der Waals surface area contributed by atoms with Crippen LogP contribution in [0.4, 0.5) is 5.69 Å². The molecule has 1 aromatic heterocycles. The number of allylic oxidation sites excluding steroid dienone is 5. The Hall–Kier alpha value is -3.00. The standard InChI is InChI=1S/C15H11N3O2.C3H8.2C2H6/c1-3-5-6-10(4-2)15-17-13-8-12(18-19)7-11(9-16)14(13)20-15;1-3-2;2*1-2/h3-8H,1H2,2H3;3H2,1-2H3;2*1-2H3/b6-5-,10-4+;;;. The third kappa shape index (κ3) is 8.28. The molecule has 2 rings (SSSR count). The Labute approximate surface area is 163 Å². The Balaban J connectivity index is 0. The predicted octanol–water partition coefficient (Wildman–Crippen LogP) is 7.71. The van der Waals surface area contributed by atoms with Gasteiger partial charge >= 0.3 is 0 Å². The molecule has 5 heteroatoms. The number of aromatic nitrogens is 1. The molecular formula is C22H31N3O2. The van der Waals surface area contributed by atoms with Crippen LogP contribution in [0, 0.1) is 16.2 Å². The monoisotopic (exact) mass is 369 g/mol. The maximum Gasteiger partial charge on any atom is 0.227 e. The Morgan fingerprint density at radius 1 is 1.30 bits per heavy atom. The van der Waals surface area contributed by atoms with Crippen molar-refractivity contribution in [3.8, 4) is 6.07 Å². The van der Waals surface area contributed by atoms with E-state index in [1.165, 1.54) is 18.6 Å². The van der Waals surface area contributed by atoms with Crippen molar-refractivity contribution in [2.75, 3.05) is 0 Å². The van der Waals surface area contributed by atoms with Crippen LogP contribution in [0.2, 0.25) is 0 Å². The van der Waals surface area contributed by atoms with Gasteiger partial charge in [-0.05, 0) is 30.3 Å². The van der Waals surface area contributed by atoms with Crippen molar-refractivity contribution in [1.82, 2.24) is 4.98 Å². The maximum atomic E-state index is 10.6. The summed E-state index contributed by atoms with van der Waals surface area (Å²) >= 11 is 0. The SMILES string of the molecule is C=C/C=C\C(=C/C)c1nc2cc(N=O)cc(C#N)c2o1.CC.CC.CCC. The highest BCUT2D eigenvalue weighted by molar-refractivity contribution is 5.85. The van der Waals surface area contributed by atoms with E-state index in [1.807, 2.05) is 46.8 Å². The molecule has 27 heavy (non-hydrogen) atoms. The first kappa shape index (κ1) is 26.2.